The number of halogens is 1. The summed E-state index contributed by atoms with van der Waals surface area (Å²) in [5.41, 5.74) is 5.99. The second-order valence-electron chi connectivity index (χ2n) is 3.31. The van der Waals surface area contributed by atoms with Gasteiger partial charge in [-0.2, -0.15) is 0 Å². The topological polar surface area (TPSA) is 38.9 Å². The first-order valence-corrected chi connectivity index (χ1v) is 5.70. The summed E-state index contributed by atoms with van der Waals surface area (Å²) in [6.07, 6.45) is 5.59. The average molecular weight is 247 g/mol. The molecule has 0 radical (unpaired) electrons. The van der Waals surface area contributed by atoms with Gasteiger partial charge >= 0.3 is 0 Å². The van der Waals surface area contributed by atoms with Crippen molar-refractivity contribution in [3.05, 3.63) is 15.0 Å². The highest BCUT2D eigenvalue weighted by Crippen LogP contribution is 2.44. The van der Waals surface area contributed by atoms with Gasteiger partial charge in [0.25, 0.3) is 0 Å². The first kappa shape index (κ1) is 8.66. The Bertz CT molecular complexity index is 275. The van der Waals surface area contributed by atoms with Crippen LogP contribution in [0.1, 0.15) is 24.3 Å². The molecule has 0 atom stereocenters. The smallest absolute Gasteiger partial charge is 0.101 e. The fraction of sp³-hybridized carbons (Fsp3) is 0.625. The monoisotopic (exact) mass is 246 g/mol. The van der Waals surface area contributed by atoms with Crippen LogP contribution in [0.5, 0.6) is 0 Å². The van der Waals surface area contributed by atoms with Gasteiger partial charge in [0.1, 0.15) is 5.01 Å². The molecule has 0 amide bonds. The molecule has 1 aliphatic rings. The quantitative estimate of drug-likeness (QED) is 0.870. The van der Waals surface area contributed by atoms with Crippen LogP contribution in [0.25, 0.3) is 0 Å². The molecule has 1 heterocycles. The number of hydrogen-bond donors (Lipinski definition) is 1. The molecule has 2 rings (SSSR count). The predicted molar refractivity (Wildman–Crippen MR) is 54.4 cm³/mol. The zero-order valence-corrected chi connectivity index (χ0v) is 9.12. The minimum atomic E-state index is 0.233. The van der Waals surface area contributed by atoms with Crippen LogP contribution in [0.2, 0.25) is 0 Å². The lowest BCUT2D eigenvalue weighted by atomic mass is 9.69. The maximum atomic E-state index is 5.76. The van der Waals surface area contributed by atoms with Crippen LogP contribution < -0.4 is 5.73 Å². The van der Waals surface area contributed by atoms with E-state index in [9.17, 15) is 0 Å². The lowest BCUT2D eigenvalue weighted by molar-refractivity contribution is 0.252. The van der Waals surface area contributed by atoms with Crippen molar-refractivity contribution in [1.29, 1.82) is 0 Å². The molecule has 0 unspecified atom stereocenters. The van der Waals surface area contributed by atoms with Gasteiger partial charge in [0, 0.05) is 12.0 Å². The summed E-state index contributed by atoms with van der Waals surface area (Å²) in [4.78, 5) is 4.37. The fourth-order valence-corrected chi connectivity index (χ4v) is 3.07. The first-order valence-electron chi connectivity index (χ1n) is 4.09. The molecule has 0 bridgehead atoms. The maximum absolute atomic E-state index is 5.76. The van der Waals surface area contributed by atoms with Crippen LogP contribution in [0.15, 0.2) is 9.98 Å². The van der Waals surface area contributed by atoms with Crippen molar-refractivity contribution in [3.8, 4) is 0 Å². The third-order valence-electron chi connectivity index (χ3n) is 2.63. The van der Waals surface area contributed by atoms with Gasteiger partial charge in [-0.15, -0.1) is 11.3 Å². The van der Waals surface area contributed by atoms with Crippen molar-refractivity contribution < 1.29 is 0 Å². The van der Waals surface area contributed by atoms with Crippen LogP contribution in [0.4, 0.5) is 0 Å². The Hall–Kier alpha value is 0.0700. The fourth-order valence-electron chi connectivity index (χ4n) is 1.61. The Morgan fingerprint density at radius 1 is 1.67 bits per heavy atom. The molecule has 2 nitrogen and oxygen atoms in total. The SMILES string of the molecule is NCC1(c2ncc(Br)s2)CCC1. The summed E-state index contributed by atoms with van der Waals surface area (Å²) in [6, 6.07) is 0. The van der Waals surface area contributed by atoms with Gasteiger partial charge in [-0.05, 0) is 28.8 Å². The number of rotatable bonds is 2. The molecule has 1 fully saturated rings. The molecule has 66 valence electrons. The third-order valence-corrected chi connectivity index (χ3v) is 4.36. The standard InChI is InChI=1S/C8H11BrN2S/c9-6-4-11-7(12-6)8(5-10)2-1-3-8/h4H,1-3,5,10H2. The van der Waals surface area contributed by atoms with Gasteiger partial charge in [-0.1, -0.05) is 6.42 Å². The van der Waals surface area contributed by atoms with E-state index in [0.717, 1.165) is 10.3 Å². The highest BCUT2D eigenvalue weighted by molar-refractivity contribution is 9.11. The maximum Gasteiger partial charge on any atom is 0.101 e. The molecular formula is C8H11BrN2S. The number of thiazole rings is 1. The number of nitrogens with zero attached hydrogens (tertiary/aromatic N) is 1. The number of nitrogens with two attached hydrogens (primary N) is 1. The lowest BCUT2D eigenvalue weighted by Gasteiger charge is -2.38. The van der Waals surface area contributed by atoms with E-state index in [4.69, 9.17) is 5.73 Å². The van der Waals surface area contributed by atoms with Crippen LogP contribution in [-0.2, 0) is 5.41 Å². The molecular weight excluding hydrogens is 236 g/mol. The Kier molecular flexibility index (Phi) is 2.23. The molecule has 4 heteroatoms. The summed E-state index contributed by atoms with van der Waals surface area (Å²) in [5, 5.41) is 1.21. The molecule has 1 saturated carbocycles. The van der Waals surface area contributed by atoms with E-state index in [1.807, 2.05) is 6.20 Å². The summed E-state index contributed by atoms with van der Waals surface area (Å²) in [5.74, 6) is 0. The van der Waals surface area contributed by atoms with Crippen molar-refractivity contribution in [2.75, 3.05) is 6.54 Å². The van der Waals surface area contributed by atoms with Crippen molar-refractivity contribution in [3.63, 3.8) is 0 Å². The van der Waals surface area contributed by atoms with E-state index in [0.29, 0.717) is 0 Å². The Morgan fingerprint density at radius 2 is 2.42 bits per heavy atom. The van der Waals surface area contributed by atoms with Crippen molar-refractivity contribution in [2.45, 2.75) is 24.7 Å². The molecule has 1 aromatic heterocycles. The number of aromatic nitrogens is 1. The van der Waals surface area contributed by atoms with Crippen molar-refractivity contribution in [2.24, 2.45) is 5.73 Å². The van der Waals surface area contributed by atoms with E-state index >= 15 is 0 Å². The van der Waals surface area contributed by atoms with Crippen molar-refractivity contribution >= 4 is 27.3 Å². The molecule has 0 aliphatic heterocycles. The predicted octanol–water partition coefficient (Wildman–Crippen LogP) is 2.29. The average Bonchev–Trinajstić information content (AvgIpc) is 2.35. The van der Waals surface area contributed by atoms with Gasteiger partial charge in [0.2, 0.25) is 0 Å². The van der Waals surface area contributed by atoms with Crippen LogP contribution >= 0.6 is 27.3 Å². The first-order chi connectivity index (χ1) is 5.77. The molecule has 12 heavy (non-hydrogen) atoms. The van der Waals surface area contributed by atoms with Gasteiger partial charge in [0.05, 0.1) is 9.98 Å². The Balaban J connectivity index is 2.27. The molecule has 1 aliphatic carbocycles. The van der Waals surface area contributed by atoms with Gasteiger partial charge in [0.15, 0.2) is 0 Å². The normalized spacial score (nSPS) is 20.5. The van der Waals surface area contributed by atoms with Crippen LogP contribution in [0.3, 0.4) is 0 Å². The molecule has 2 N–H and O–H groups in total. The molecule has 0 aromatic carbocycles. The Labute approximate surface area is 84.3 Å². The van der Waals surface area contributed by atoms with Crippen molar-refractivity contribution in [1.82, 2.24) is 4.98 Å². The highest BCUT2D eigenvalue weighted by atomic mass is 79.9. The van der Waals surface area contributed by atoms with E-state index in [2.05, 4.69) is 20.9 Å². The molecule has 0 spiro atoms. The Morgan fingerprint density at radius 3 is 2.75 bits per heavy atom. The number of hydrogen-bond acceptors (Lipinski definition) is 3. The van der Waals surface area contributed by atoms with Crippen LogP contribution in [-0.4, -0.2) is 11.5 Å². The summed E-state index contributed by atoms with van der Waals surface area (Å²) >= 11 is 5.14. The molecule has 1 aromatic rings. The lowest BCUT2D eigenvalue weighted by Crippen LogP contribution is -2.41. The zero-order valence-electron chi connectivity index (χ0n) is 6.72. The van der Waals surface area contributed by atoms with E-state index in [1.54, 1.807) is 11.3 Å². The minimum Gasteiger partial charge on any atom is -0.329 e. The second kappa shape index (κ2) is 3.09. The van der Waals surface area contributed by atoms with E-state index in [1.165, 1.54) is 24.3 Å². The summed E-state index contributed by atoms with van der Waals surface area (Å²) in [6.45, 7) is 0.743. The van der Waals surface area contributed by atoms with Crippen LogP contribution in [0, 0.1) is 0 Å². The summed E-state index contributed by atoms with van der Waals surface area (Å²) < 4.78 is 1.11. The second-order valence-corrected chi connectivity index (χ2v) is 5.72. The minimum absolute atomic E-state index is 0.233. The van der Waals surface area contributed by atoms with E-state index < -0.39 is 0 Å². The third kappa shape index (κ3) is 1.22. The highest BCUT2D eigenvalue weighted by Gasteiger charge is 2.39. The molecule has 0 saturated heterocycles. The summed E-state index contributed by atoms with van der Waals surface area (Å²) in [7, 11) is 0. The van der Waals surface area contributed by atoms with Gasteiger partial charge < -0.3 is 5.73 Å². The van der Waals surface area contributed by atoms with Gasteiger partial charge in [-0.3, -0.25) is 0 Å². The zero-order chi connectivity index (χ0) is 8.60. The van der Waals surface area contributed by atoms with Gasteiger partial charge in [-0.25, -0.2) is 4.98 Å². The van der Waals surface area contributed by atoms with E-state index in [-0.39, 0.29) is 5.41 Å². The largest absolute Gasteiger partial charge is 0.329 e.